The van der Waals surface area contributed by atoms with Crippen molar-refractivity contribution in [3.63, 3.8) is 0 Å². The van der Waals surface area contributed by atoms with Gasteiger partial charge in [0.15, 0.2) is 9.84 Å². The lowest BCUT2D eigenvalue weighted by atomic mass is 10.1. The van der Waals surface area contributed by atoms with Gasteiger partial charge in [-0.25, -0.2) is 12.8 Å². The van der Waals surface area contributed by atoms with Gasteiger partial charge in [-0.15, -0.1) is 0 Å². The highest BCUT2D eigenvalue weighted by Gasteiger charge is 2.30. The Labute approximate surface area is 169 Å². The zero-order valence-electron chi connectivity index (χ0n) is 16.1. The minimum atomic E-state index is -3.90. The molecule has 0 aliphatic carbocycles. The fraction of sp³-hybridized carbons (Fsp3) is 0.182. The number of nitrogens with one attached hydrogen (secondary N) is 1. The molecule has 2 aromatic carbocycles. The van der Waals surface area contributed by atoms with Crippen molar-refractivity contribution in [3.05, 3.63) is 95.1 Å². The van der Waals surface area contributed by atoms with Crippen LogP contribution in [0.4, 0.5) is 4.39 Å². The highest BCUT2D eigenvalue weighted by molar-refractivity contribution is 7.91. The standard InChI is InChI=1S/C22H21FN2O3S/c1-15-6-3-4-8-19(15)22(26)25-14-21(17-7-5-11-24-13-17)29(27,28)18-9-10-20(23)16(2)12-18/h3-13,21H,14H2,1-2H3,(H,25,26)/t21-/m0/s1. The number of nitrogens with zero attached hydrogens (tertiary/aromatic N) is 1. The summed E-state index contributed by atoms with van der Waals surface area (Å²) in [6.45, 7) is 3.18. The number of hydrogen-bond donors (Lipinski definition) is 1. The summed E-state index contributed by atoms with van der Waals surface area (Å²) in [4.78, 5) is 16.6. The van der Waals surface area contributed by atoms with E-state index >= 15 is 0 Å². The third-order valence-electron chi connectivity index (χ3n) is 4.73. The van der Waals surface area contributed by atoms with Gasteiger partial charge in [0.2, 0.25) is 0 Å². The van der Waals surface area contributed by atoms with Gasteiger partial charge >= 0.3 is 0 Å². The third kappa shape index (κ3) is 4.51. The normalized spacial score (nSPS) is 12.4. The molecule has 0 saturated carbocycles. The molecule has 1 aromatic heterocycles. The number of benzene rings is 2. The number of aryl methyl sites for hydroxylation is 2. The molecule has 0 spiro atoms. The molecule has 0 bridgehead atoms. The van der Waals surface area contributed by atoms with Crippen molar-refractivity contribution in [1.82, 2.24) is 10.3 Å². The molecule has 7 heteroatoms. The Balaban J connectivity index is 1.94. The zero-order valence-corrected chi connectivity index (χ0v) is 16.9. The number of rotatable bonds is 6. The maximum absolute atomic E-state index is 13.6. The first-order chi connectivity index (χ1) is 13.8. The summed E-state index contributed by atoms with van der Waals surface area (Å²) < 4.78 is 40.3. The fourth-order valence-electron chi connectivity index (χ4n) is 3.04. The van der Waals surface area contributed by atoms with Gasteiger partial charge in [0, 0.05) is 24.5 Å². The number of pyridine rings is 1. The molecule has 1 heterocycles. The predicted octanol–water partition coefficient (Wildman–Crippen LogP) is 3.78. The second-order valence-electron chi connectivity index (χ2n) is 6.76. The van der Waals surface area contributed by atoms with Crippen LogP contribution in [0.2, 0.25) is 0 Å². The van der Waals surface area contributed by atoms with Crippen LogP contribution in [0, 0.1) is 19.7 Å². The summed E-state index contributed by atoms with van der Waals surface area (Å²) in [6, 6.07) is 14.0. The van der Waals surface area contributed by atoms with Crippen molar-refractivity contribution in [2.24, 2.45) is 0 Å². The summed E-state index contributed by atoms with van der Waals surface area (Å²) in [7, 11) is -3.90. The first kappa shape index (κ1) is 20.7. The third-order valence-corrected chi connectivity index (χ3v) is 6.83. The van der Waals surface area contributed by atoms with E-state index in [0.717, 1.165) is 11.6 Å². The molecule has 0 fully saturated rings. The molecule has 0 saturated heterocycles. The van der Waals surface area contributed by atoms with Crippen LogP contribution in [0.1, 0.15) is 32.3 Å². The number of halogens is 1. The molecule has 0 unspecified atom stereocenters. The van der Waals surface area contributed by atoms with Crippen LogP contribution in [-0.2, 0) is 9.84 Å². The van der Waals surface area contributed by atoms with Crippen LogP contribution in [0.5, 0.6) is 0 Å². The zero-order chi connectivity index (χ0) is 21.0. The molecule has 3 rings (SSSR count). The van der Waals surface area contributed by atoms with Gasteiger partial charge in [-0.05, 0) is 60.9 Å². The number of hydrogen-bond acceptors (Lipinski definition) is 4. The Hall–Kier alpha value is -3.06. The van der Waals surface area contributed by atoms with Gasteiger partial charge in [0.05, 0.1) is 4.90 Å². The number of carbonyl (C=O) groups excluding carboxylic acids is 1. The van der Waals surface area contributed by atoms with Crippen LogP contribution in [0.3, 0.4) is 0 Å². The maximum Gasteiger partial charge on any atom is 0.251 e. The fourth-order valence-corrected chi connectivity index (χ4v) is 4.77. The quantitative estimate of drug-likeness (QED) is 0.625. The van der Waals surface area contributed by atoms with Crippen molar-refractivity contribution in [3.8, 4) is 0 Å². The van der Waals surface area contributed by atoms with Gasteiger partial charge < -0.3 is 5.32 Å². The van der Waals surface area contributed by atoms with Crippen LogP contribution in [0.15, 0.2) is 71.9 Å². The van der Waals surface area contributed by atoms with Crippen LogP contribution >= 0.6 is 0 Å². The molecule has 150 valence electrons. The van der Waals surface area contributed by atoms with E-state index in [9.17, 15) is 17.6 Å². The maximum atomic E-state index is 13.6. The smallest absolute Gasteiger partial charge is 0.251 e. The summed E-state index contributed by atoms with van der Waals surface area (Å²) in [5.41, 5.74) is 1.95. The van der Waals surface area contributed by atoms with E-state index in [1.807, 2.05) is 19.1 Å². The number of aromatic nitrogens is 1. The monoisotopic (exact) mass is 412 g/mol. The van der Waals surface area contributed by atoms with Crippen molar-refractivity contribution in [1.29, 1.82) is 0 Å². The topological polar surface area (TPSA) is 76.1 Å². The highest BCUT2D eigenvalue weighted by Crippen LogP contribution is 2.29. The first-order valence-electron chi connectivity index (χ1n) is 9.04. The average molecular weight is 412 g/mol. The molecule has 0 aliphatic heterocycles. The van der Waals surface area contributed by atoms with E-state index in [1.54, 1.807) is 30.5 Å². The molecule has 3 aromatic rings. The molecule has 5 nitrogen and oxygen atoms in total. The second kappa shape index (κ2) is 8.53. The minimum absolute atomic E-state index is 0.00427. The highest BCUT2D eigenvalue weighted by atomic mass is 32.2. The van der Waals surface area contributed by atoms with Gasteiger partial charge in [-0.3, -0.25) is 9.78 Å². The number of carbonyl (C=O) groups is 1. The minimum Gasteiger partial charge on any atom is -0.350 e. The van der Waals surface area contributed by atoms with E-state index < -0.39 is 20.9 Å². The van der Waals surface area contributed by atoms with E-state index in [1.165, 1.54) is 25.3 Å². The van der Waals surface area contributed by atoms with Crippen LogP contribution in [-0.4, -0.2) is 25.9 Å². The van der Waals surface area contributed by atoms with Crippen molar-refractivity contribution >= 4 is 15.7 Å². The lowest BCUT2D eigenvalue weighted by Crippen LogP contribution is -2.32. The van der Waals surface area contributed by atoms with Crippen molar-refractivity contribution < 1.29 is 17.6 Å². The average Bonchev–Trinajstić information content (AvgIpc) is 2.71. The molecule has 0 radical (unpaired) electrons. The SMILES string of the molecule is Cc1cc(S(=O)(=O)[C@@H](CNC(=O)c2ccccc2C)c2cccnc2)ccc1F. The summed E-state index contributed by atoms with van der Waals surface area (Å²) >= 11 is 0. The molecule has 29 heavy (non-hydrogen) atoms. The Morgan fingerprint density at radius 3 is 2.48 bits per heavy atom. The predicted molar refractivity (Wildman–Crippen MR) is 109 cm³/mol. The van der Waals surface area contributed by atoms with Crippen molar-refractivity contribution in [2.75, 3.05) is 6.54 Å². The molecule has 1 amide bonds. The molecule has 1 N–H and O–H groups in total. The Bertz CT molecular complexity index is 1130. The second-order valence-corrected chi connectivity index (χ2v) is 8.89. The van der Waals surface area contributed by atoms with Gasteiger partial charge in [-0.2, -0.15) is 0 Å². The van der Waals surface area contributed by atoms with Crippen LogP contribution in [0.25, 0.3) is 0 Å². The summed E-state index contributed by atoms with van der Waals surface area (Å²) in [5, 5.41) is 1.66. The summed E-state index contributed by atoms with van der Waals surface area (Å²) in [5.74, 6) is -0.836. The van der Waals surface area contributed by atoms with E-state index in [2.05, 4.69) is 10.3 Å². The molecular formula is C22H21FN2O3S. The van der Waals surface area contributed by atoms with E-state index in [0.29, 0.717) is 11.1 Å². The van der Waals surface area contributed by atoms with Crippen LogP contribution < -0.4 is 5.32 Å². The van der Waals surface area contributed by atoms with E-state index in [4.69, 9.17) is 0 Å². The molecule has 1 atom stereocenters. The molecule has 0 aliphatic rings. The largest absolute Gasteiger partial charge is 0.350 e. The molecular weight excluding hydrogens is 391 g/mol. The summed E-state index contributed by atoms with van der Waals surface area (Å²) in [6.07, 6.45) is 3.00. The Morgan fingerprint density at radius 2 is 1.83 bits per heavy atom. The Morgan fingerprint density at radius 1 is 1.07 bits per heavy atom. The van der Waals surface area contributed by atoms with Gasteiger partial charge in [-0.1, -0.05) is 24.3 Å². The lowest BCUT2D eigenvalue weighted by Gasteiger charge is -2.19. The van der Waals surface area contributed by atoms with Gasteiger partial charge in [0.1, 0.15) is 11.1 Å². The van der Waals surface area contributed by atoms with E-state index in [-0.39, 0.29) is 22.9 Å². The Kier molecular flexibility index (Phi) is 6.08. The lowest BCUT2D eigenvalue weighted by molar-refractivity contribution is 0.0953. The number of amides is 1. The van der Waals surface area contributed by atoms with Crippen molar-refractivity contribution in [2.45, 2.75) is 24.0 Å². The number of sulfone groups is 1. The first-order valence-corrected chi connectivity index (χ1v) is 10.6. The van der Waals surface area contributed by atoms with Gasteiger partial charge in [0.25, 0.3) is 5.91 Å².